The summed E-state index contributed by atoms with van der Waals surface area (Å²) < 4.78 is 42.2. The quantitative estimate of drug-likeness (QED) is 0.921. The number of benzene rings is 1. The zero-order chi connectivity index (χ0) is 16.2. The van der Waals surface area contributed by atoms with E-state index in [0.29, 0.717) is 0 Å². The molecule has 0 aliphatic rings. The molecule has 0 bridgehead atoms. The summed E-state index contributed by atoms with van der Waals surface area (Å²) in [6.07, 6.45) is -1.20. The molecule has 2 aromatic rings. The molecule has 0 unspecified atom stereocenters. The molecule has 1 aromatic heterocycles. The van der Waals surface area contributed by atoms with Gasteiger partial charge in [0.1, 0.15) is 5.75 Å². The number of hydrogen-bond donors (Lipinski definition) is 1. The maximum Gasteiger partial charge on any atom is 0.422 e. The standard InChI is InChI=1S/C14H14F3N3O2/c1-20-7-6-18-12(20)13(21)19-8-10-2-4-11(5-3-10)22-9-14(15,16)17/h2-7H,8-9H2,1H3,(H,19,21). The summed E-state index contributed by atoms with van der Waals surface area (Å²) in [4.78, 5) is 15.7. The molecule has 22 heavy (non-hydrogen) atoms. The Labute approximate surface area is 124 Å². The van der Waals surface area contributed by atoms with Gasteiger partial charge in [-0.15, -0.1) is 0 Å². The van der Waals surface area contributed by atoms with Crippen LogP contribution in [0.25, 0.3) is 0 Å². The lowest BCUT2D eigenvalue weighted by molar-refractivity contribution is -0.153. The van der Waals surface area contributed by atoms with Crippen molar-refractivity contribution in [2.24, 2.45) is 7.05 Å². The molecule has 0 aliphatic carbocycles. The number of alkyl halides is 3. The Bertz CT molecular complexity index is 636. The number of amides is 1. The molecule has 0 aliphatic heterocycles. The summed E-state index contributed by atoms with van der Waals surface area (Å²) in [5.41, 5.74) is 0.738. The van der Waals surface area contributed by atoms with Crippen LogP contribution in [0.15, 0.2) is 36.7 Å². The maximum absolute atomic E-state index is 12.0. The first-order chi connectivity index (χ1) is 10.3. The Hall–Kier alpha value is -2.51. The van der Waals surface area contributed by atoms with Crippen molar-refractivity contribution >= 4 is 5.91 Å². The highest BCUT2D eigenvalue weighted by Crippen LogP contribution is 2.18. The second-order valence-corrected chi connectivity index (χ2v) is 4.59. The van der Waals surface area contributed by atoms with E-state index in [-0.39, 0.29) is 24.0 Å². The van der Waals surface area contributed by atoms with Crippen molar-refractivity contribution in [2.45, 2.75) is 12.7 Å². The number of nitrogens with zero attached hydrogens (tertiary/aromatic N) is 2. The maximum atomic E-state index is 12.0. The van der Waals surface area contributed by atoms with Gasteiger partial charge in [0.05, 0.1) is 0 Å². The number of halogens is 3. The van der Waals surface area contributed by atoms with Crippen LogP contribution in [0.1, 0.15) is 16.2 Å². The minimum atomic E-state index is -4.37. The molecular weight excluding hydrogens is 299 g/mol. The minimum Gasteiger partial charge on any atom is -0.484 e. The van der Waals surface area contributed by atoms with E-state index in [4.69, 9.17) is 0 Å². The predicted octanol–water partition coefficient (Wildman–Crippen LogP) is 2.29. The number of ether oxygens (including phenoxy) is 1. The second-order valence-electron chi connectivity index (χ2n) is 4.59. The fourth-order valence-corrected chi connectivity index (χ4v) is 1.71. The van der Waals surface area contributed by atoms with E-state index in [1.807, 2.05) is 0 Å². The van der Waals surface area contributed by atoms with E-state index >= 15 is 0 Å². The first kappa shape index (κ1) is 15.9. The number of carbonyl (C=O) groups is 1. The lowest BCUT2D eigenvalue weighted by atomic mass is 10.2. The Morgan fingerprint density at radius 1 is 1.32 bits per heavy atom. The van der Waals surface area contributed by atoms with Gasteiger partial charge in [-0.3, -0.25) is 4.79 Å². The van der Waals surface area contributed by atoms with Gasteiger partial charge in [0, 0.05) is 26.0 Å². The van der Waals surface area contributed by atoms with Crippen molar-refractivity contribution in [3.8, 4) is 5.75 Å². The molecule has 1 heterocycles. The summed E-state index contributed by atoms with van der Waals surface area (Å²) in [6.45, 7) is -1.09. The van der Waals surface area contributed by atoms with Crippen LogP contribution in [-0.2, 0) is 13.6 Å². The van der Waals surface area contributed by atoms with Crippen molar-refractivity contribution < 1.29 is 22.7 Å². The summed E-state index contributed by atoms with van der Waals surface area (Å²) >= 11 is 0. The lowest BCUT2D eigenvalue weighted by Crippen LogP contribution is -2.25. The average molecular weight is 313 g/mol. The molecule has 2 rings (SSSR count). The molecule has 0 saturated carbocycles. The highest BCUT2D eigenvalue weighted by atomic mass is 19.4. The van der Waals surface area contributed by atoms with Gasteiger partial charge < -0.3 is 14.6 Å². The molecule has 1 aromatic carbocycles. The molecule has 0 spiro atoms. The van der Waals surface area contributed by atoms with Crippen molar-refractivity contribution in [1.29, 1.82) is 0 Å². The third kappa shape index (κ3) is 4.51. The third-order valence-electron chi connectivity index (χ3n) is 2.80. The van der Waals surface area contributed by atoms with Crippen molar-refractivity contribution in [3.05, 3.63) is 48.0 Å². The molecule has 0 saturated heterocycles. The highest BCUT2D eigenvalue weighted by molar-refractivity contribution is 5.90. The zero-order valence-corrected chi connectivity index (χ0v) is 11.7. The molecule has 5 nitrogen and oxygen atoms in total. The first-order valence-corrected chi connectivity index (χ1v) is 6.39. The normalized spacial score (nSPS) is 11.3. The van der Waals surface area contributed by atoms with Gasteiger partial charge in [0.2, 0.25) is 0 Å². The minimum absolute atomic E-state index is 0.122. The first-order valence-electron chi connectivity index (χ1n) is 6.39. The van der Waals surface area contributed by atoms with Crippen molar-refractivity contribution in [3.63, 3.8) is 0 Å². The van der Waals surface area contributed by atoms with Gasteiger partial charge in [-0.1, -0.05) is 12.1 Å². The Morgan fingerprint density at radius 3 is 2.55 bits per heavy atom. The van der Waals surface area contributed by atoms with Crippen LogP contribution < -0.4 is 10.1 Å². The number of aromatic nitrogens is 2. The van der Waals surface area contributed by atoms with E-state index in [1.165, 1.54) is 18.3 Å². The smallest absolute Gasteiger partial charge is 0.422 e. The summed E-state index contributed by atoms with van der Waals surface area (Å²) in [6, 6.07) is 6.02. The number of rotatable bonds is 5. The molecular formula is C14H14F3N3O2. The molecule has 118 valence electrons. The van der Waals surface area contributed by atoms with Crippen LogP contribution in [0.3, 0.4) is 0 Å². The fourth-order valence-electron chi connectivity index (χ4n) is 1.71. The largest absolute Gasteiger partial charge is 0.484 e. The summed E-state index contributed by atoms with van der Waals surface area (Å²) in [5, 5.41) is 2.67. The topological polar surface area (TPSA) is 56.2 Å². The van der Waals surface area contributed by atoms with Crippen LogP contribution in [0.5, 0.6) is 5.75 Å². The van der Waals surface area contributed by atoms with Crippen LogP contribution >= 0.6 is 0 Å². The van der Waals surface area contributed by atoms with Crippen LogP contribution in [0.2, 0.25) is 0 Å². The molecule has 8 heteroatoms. The van der Waals surface area contributed by atoms with Gasteiger partial charge in [-0.25, -0.2) is 4.98 Å². The molecule has 1 N–H and O–H groups in total. The Kier molecular flexibility index (Phi) is 4.69. The van der Waals surface area contributed by atoms with E-state index < -0.39 is 12.8 Å². The number of imidazole rings is 1. The van der Waals surface area contributed by atoms with Crippen molar-refractivity contribution in [2.75, 3.05) is 6.61 Å². The van der Waals surface area contributed by atoms with Crippen LogP contribution in [-0.4, -0.2) is 28.2 Å². The molecule has 0 atom stereocenters. The lowest BCUT2D eigenvalue weighted by Gasteiger charge is -2.10. The summed E-state index contributed by atoms with van der Waals surface area (Å²) in [5.74, 6) is 0.0755. The monoisotopic (exact) mass is 313 g/mol. The molecule has 0 fully saturated rings. The van der Waals surface area contributed by atoms with Gasteiger partial charge in [0.15, 0.2) is 12.4 Å². The highest BCUT2D eigenvalue weighted by Gasteiger charge is 2.28. The van der Waals surface area contributed by atoms with Gasteiger partial charge in [-0.2, -0.15) is 13.2 Å². The van der Waals surface area contributed by atoms with E-state index in [9.17, 15) is 18.0 Å². The molecule has 0 radical (unpaired) electrons. The Morgan fingerprint density at radius 2 is 2.00 bits per heavy atom. The SMILES string of the molecule is Cn1ccnc1C(=O)NCc1ccc(OCC(F)(F)F)cc1. The van der Waals surface area contributed by atoms with Crippen LogP contribution in [0.4, 0.5) is 13.2 Å². The van der Waals surface area contributed by atoms with E-state index in [0.717, 1.165) is 5.56 Å². The average Bonchev–Trinajstić information content (AvgIpc) is 2.89. The number of nitrogens with one attached hydrogen (secondary N) is 1. The fraction of sp³-hybridized carbons (Fsp3) is 0.286. The molecule has 1 amide bonds. The van der Waals surface area contributed by atoms with E-state index in [1.54, 1.807) is 29.9 Å². The number of hydrogen-bond acceptors (Lipinski definition) is 3. The van der Waals surface area contributed by atoms with E-state index in [2.05, 4.69) is 15.0 Å². The van der Waals surface area contributed by atoms with Gasteiger partial charge in [-0.05, 0) is 17.7 Å². The van der Waals surface area contributed by atoms with Crippen molar-refractivity contribution in [1.82, 2.24) is 14.9 Å². The predicted molar refractivity (Wildman–Crippen MR) is 72.4 cm³/mol. The van der Waals surface area contributed by atoms with Crippen LogP contribution in [0, 0.1) is 0 Å². The van der Waals surface area contributed by atoms with Gasteiger partial charge in [0.25, 0.3) is 5.91 Å². The van der Waals surface area contributed by atoms with Gasteiger partial charge >= 0.3 is 6.18 Å². The second kappa shape index (κ2) is 6.50. The third-order valence-corrected chi connectivity index (χ3v) is 2.80. The number of aryl methyl sites for hydroxylation is 1. The zero-order valence-electron chi connectivity index (χ0n) is 11.7. The summed E-state index contributed by atoms with van der Waals surface area (Å²) in [7, 11) is 1.70. The Balaban J connectivity index is 1.86. The number of carbonyl (C=O) groups excluding carboxylic acids is 1.